The number of rotatable bonds is 3. The fourth-order valence-corrected chi connectivity index (χ4v) is 0.205. The van der Waals surface area contributed by atoms with Crippen molar-refractivity contribution in [1.82, 2.24) is 0 Å². The van der Waals surface area contributed by atoms with Crippen LogP contribution in [0.3, 0.4) is 0 Å². The molecule has 0 bridgehead atoms. The van der Waals surface area contributed by atoms with Crippen molar-refractivity contribution in [1.29, 1.82) is 0 Å². The van der Waals surface area contributed by atoms with Crippen molar-refractivity contribution in [2.45, 2.75) is 0 Å². The van der Waals surface area contributed by atoms with E-state index in [0.717, 1.165) is 6.08 Å². The molecule has 0 aromatic carbocycles. The van der Waals surface area contributed by atoms with Crippen LogP contribution in [0.2, 0.25) is 0 Å². The fraction of sp³-hybridized carbons (Fsp3) is 0.571. The van der Waals surface area contributed by atoms with Crippen molar-refractivity contribution in [3.63, 3.8) is 0 Å². The van der Waals surface area contributed by atoms with Crippen LogP contribution in [0.25, 0.3) is 0 Å². The maximum absolute atomic E-state index is 10.1. The molecule has 11 heavy (non-hydrogen) atoms. The van der Waals surface area contributed by atoms with Gasteiger partial charge >= 0.3 is 5.97 Å². The van der Waals surface area contributed by atoms with E-state index in [1.165, 1.54) is 0 Å². The molecule has 0 unspecified atom stereocenters. The maximum Gasteiger partial charge on any atom is 0.330 e. The Kier molecular flexibility index (Phi) is 13.8. The lowest BCUT2D eigenvalue weighted by molar-refractivity contribution is -0.138. The van der Waals surface area contributed by atoms with Gasteiger partial charge in [-0.2, -0.15) is 0 Å². The van der Waals surface area contributed by atoms with Gasteiger partial charge in [0.15, 0.2) is 0 Å². The molecule has 66 valence electrons. The molecule has 0 aliphatic heterocycles. The Morgan fingerprint density at radius 3 is 2.36 bits per heavy atom. The highest BCUT2D eigenvalue weighted by atomic mass is 16.5. The number of esters is 1. The zero-order chi connectivity index (χ0) is 9.11. The molecule has 0 radical (unpaired) electrons. The molecule has 0 saturated heterocycles. The fourth-order valence-electron chi connectivity index (χ4n) is 0.205. The Balaban J connectivity index is 0. The van der Waals surface area contributed by atoms with E-state index < -0.39 is 5.97 Å². The second-order valence-electron chi connectivity index (χ2n) is 1.50. The first-order chi connectivity index (χ1) is 5.22. The van der Waals surface area contributed by atoms with Gasteiger partial charge < -0.3 is 14.6 Å². The van der Waals surface area contributed by atoms with Gasteiger partial charge in [0.2, 0.25) is 0 Å². The summed E-state index contributed by atoms with van der Waals surface area (Å²) in [5.41, 5.74) is 0. The molecule has 4 heteroatoms. The largest absolute Gasteiger partial charge is 0.460 e. The molecule has 0 fully saturated rings. The molecule has 0 aromatic heterocycles. The first-order valence-corrected chi connectivity index (χ1v) is 3.03. The Morgan fingerprint density at radius 1 is 1.64 bits per heavy atom. The third-order valence-electron chi connectivity index (χ3n) is 0.502. The summed E-state index contributed by atoms with van der Waals surface area (Å²) in [7, 11) is 3.25. The monoisotopic (exact) mass is 162 g/mol. The van der Waals surface area contributed by atoms with Crippen LogP contribution < -0.4 is 0 Å². The predicted molar refractivity (Wildman–Crippen MR) is 41.2 cm³/mol. The minimum atomic E-state index is -0.501. The molecule has 0 aromatic rings. The standard InChI is InChI=1S/C5H8O3.C2H6O/c1-2-5(7)8-4-3-6;1-3-2/h2,6H,1,3-4H2;1-2H3. The molecule has 0 heterocycles. The number of hydrogen-bond donors (Lipinski definition) is 1. The Morgan fingerprint density at radius 2 is 2.09 bits per heavy atom. The highest BCUT2D eigenvalue weighted by molar-refractivity contribution is 5.81. The number of methoxy groups -OCH3 is 1. The number of aliphatic hydroxyl groups excluding tert-OH is 1. The minimum absolute atomic E-state index is 0.0465. The average molecular weight is 162 g/mol. The molecule has 4 nitrogen and oxygen atoms in total. The van der Waals surface area contributed by atoms with Gasteiger partial charge in [0.25, 0.3) is 0 Å². The van der Waals surface area contributed by atoms with Gasteiger partial charge in [-0.3, -0.25) is 0 Å². The van der Waals surface area contributed by atoms with Crippen LogP contribution in [0.5, 0.6) is 0 Å². The van der Waals surface area contributed by atoms with Gasteiger partial charge in [0.1, 0.15) is 6.61 Å². The van der Waals surface area contributed by atoms with Crippen LogP contribution in [0.1, 0.15) is 0 Å². The summed E-state index contributed by atoms with van der Waals surface area (Å²) in [6.07, 6.45) is 1.05. The molecule has 0 rings (SSSR count). The topological polar surface area (TPSA) is 55.8 Å². The van der Waals surface area contributed by atoms with Gasteiger partial charge in [0.05, 0.1) is 6.61 Å². The molecule has 0 atom stereocenters. The van der Waals surface area contributed by atoms with E-state index >= 15 is 0 Å². The van der Waals surface area contributed by atoms with Gasteiger partial charge in [0, 0.05) is 20.3 Å². The molecule has 0 saturated carbocycles. The van der Waals surface area contributed by atoms with E-state index in [0.29, 0.717) is 0 Å². The summed E-state index contributed by atoms with van der Waals surface area (Å²) in [5, 5.41) is 8.10. The van der Waals surface area contributed by atoms with Gasteiger partial charge in [-0.1, -0.05) is 6.58 Å². The third kappa shape index (κ3) is 17.6. The van der Waals surface area contributed by atoms with E-state index in [-0.39, 0.29) is 13.2 Å². The Labute approximate surface area is 66.4 Å². The summed E-state index contributed by atoms with van der Waals surface area (Å²) < 4.78 is 8.58. The van der Waals surface area contributed by atoms with Crippen LogP contribution in [0.15, 0.2) is 12.7 Å². The lowest BCUT2D eigenvalue weighted by Gasteiger charge is -1.94. The van der Waals surface area contributed by atoms with E-state index in [1.807, 2.05) is 0 Å². The van der Waals surface area contributed by atoms with Gasteiger partial charge in [-0.15, -0.1) is 0 Å². The SMILES string of the molecule is C=CC(=O)OCCO.COC. The minimum Gasteiger partial charge on any atom is -0.460 e. The smallest absolute Gasteiger partial charge is 0.330 e. The predicted octanol–water partition coefficient (Wildman–Crippen LogP) is -0.0295. The Hall–Kier alpha value is -0.870. The average Bonchev–Trinajstić information content (AvgIpc) is 2.02. The van der Waals surface area contributed by atoms with Crippen LogP contribution >= 0.6 is 0 Å². The summed E-state index contributed by atoms with van der Waals surface area (Å²) in [6.45, 7) is 3.06. The zero-order valence-electron chi connectivity index (χ0n) is 6.87. The molecule has 1 N–H and O–H groups in total. The van der Waals surface area contributed by atoms with E-state index in [2.05, 4.69) is 16.1 Å². The van der Waals surface area contributed by atoms with Gasteiger partial charge in [-0.05, 0) is 0 Å². The number of carbonyl (C=O) groups is 1. The molecule has 0 aliphatic rings. The van der Waals surface area contributed by atoms with Crippen molar-refractivity contribution >= 4 is 5.97 Å². The normalized spacial score (nSPS) is 7.55. The first kappa shape index (κ1) is 12.8. The summed E-state index contributed by atoms with van der Waals surface area (Å²) in [4.78, 5) is 10.1. The van der Waals surface area contributed by atoms with Crippen molar-refractivity contribution in [2.75, 3.05) is 27.4 Å². The third-order valence-corrected chi connectivity index (χ3v) is 0.502. The molecule has 0 amide bonds. The van der Waals surface area contributed by atoms with Gasteiger partial charge in [-0.25, -0.2) is 4.79 Å². The molecular weight excluding hydrogens is 148 g/mol. The second kappa shape index (κ2) is 11.9. The second-order valence-corrected chi connectivity index (χ2v) is 1.50. The van der Waals surface area contributed by atoms with Crippen molar-refractivity contribution < 1.29 is 19.4 Å². The number of ether oxygens (including phenoxy) is 2. The lowest BCUT2D eigenvalue weighted by Crippen LogP contribution is -2.04. The maximum atomic E-state index is 10.1. The first-order valence-electron chi connectivity index (χ1n) is 3.03. The van der Waals surface area contributed by atoms with Crippen LogP contribution in [-0.2, 0) is 14.3 Å². The highest BCUT2D eigenvalue weighted by Crippen LogP contribution is 1.75. The summed E-state index contributed by atoms with van der Waals surface area (Å²) >= 11 is 0. The van der Waals surface area contributed by atoms with Crippen molar-refractivity contribution in [3.8, 4) is 0 Å². The molecule has 0 aliphatic carbocycles. The van der Waals surface area contributed by atoms with E-state index in [1.54, 1.807) is 14.2 Å². The number of aliphatic hydroxyl groups is 1. The van der Waals surface area contributed by atoms with Crippen molar-refractivity contribution in [2.24, 2.45) is 0 Å². The Bertz CT molecular complexity index is 101. The van der Waals surface area contributed by atoms with Crippen LogP contribution in [0, 0.1) is 0 Å². The molecular formula is C7H14O4. The number of carbonyl (C=O) groups excluding carboxylic acids is 1. The summed E-state index contributed by atoms with van der Waals surface area (Å²) in [6, 6.07) is 0. The number of hydrogen-bond acceptors (Lipinski definition) is 4. The zero-order valence-corrected chi connectivity index (χ0v) is 6.87. The summed E-state index contributed by atoms with van der Waals surface area (Å²) in [5.74, 6) is -0.501. The van der Waals surface area contributed by atoms with E-state index in [4.69, 9.17) is 5.11 Å². The lowest BCUT2D eigenvalue weighted by atomic mass is 10.6. The van der Waals surface area contributed by atoms with Crippen LogP contribution in [0.4, 0.5) is 0 Å². The highest BCUT2D eigenvalue weighted by Gasteiger charge is 1.90. The van der Waals surface area contributed by atoms with E-state index in [9.17, 15) is 4.79 Å². The van der Waals surface area contributed by atoms with Crippen LogP contribution in [-0.4, -0.2) is 38.5 Å². The quantitative estimate of drug-likeness (QED) is 0.467. The van der Waals surface area contributed by atoms with Crippen molar-refractivity contribution in [3.05, 3.63) is 12.7 Å². The molecule has 0 spiro atoms.